The molecule has 108 valence electrons. The van der Waals surface area contributed by atoms with Gasteiger partial charge in [-0.25, -0.2) is 9.78 Å². The summed E-state index contributed by atoms with van der Waals surface area (Å²) >= 11 is 0. The number of aromatic nitrogens is 2. The Labute approximate surface area is 118 Å². The molecule has 3 rings (SSSR count). The second-order valence-corrected chi connectivity index (χ2v) is 5.56. The van der Waals surface area contributed by atoms with Crippen molar-refractivity contribution in [2.45, 2.75) is 38.8 Å². The van der Waals surface area contributed by atoms with E-state index >= 15 is 0 Å². The van der Waals surface area contributed by atoms with Gasteiger partial charge in [0.05, 0.1) is 30.7 Å². The summed E-state index contributed by atoms with van der Waals surface area (Å²) in [5, 5.41) is 0. The van der Waals surface area contributed by atoms with Crippen molar-refractivity contribution in [3.63, 3.8) is 0 Å². The molecule has 1 aromatic rings. The molecule has 0 aromatic carbocycles. The molecule has 1 amide bonds. The molecule has 2 aliphatic rings. The Morgan fingerprint density at radius 2 is 2.15 bits per heavy atom. The summed E-state index contributed by atoms with van der Waals surface area (Å²) in [5.74, 6) is 0.574. The van der Waals surface area contributed by atoms with Crippen molar-refractivity contribution in [2.24, 2.45) is 0 Å². The molecular formula is C14H20N4O2. The minimum absolute atomic E-state index is 0.336. The number of rotatable bonds is 3. The van der Waals surface area contributed by atoms with Crippen molar-refractivity contribution in [2.75, 3.05) is 24.6 Å². The lowest BCUT2D eigenvalue weighted by molar-refractivity contribution is 0.181. The molecule has 2 fully saturated rings. The lowest BCUT2D eigenvalue weighted by Gasteiger charge is -2.27. The molecular weight excluding hydrogens is 256 g/mol. The summed E-state index contributed by atoms with van der Waals surface area (Å²) in [4.78, 5) is 24.4. The van der Waals surface area contributed by atoms with Gasteiger partial charge >= 0.3 is 6.09 Å². The van der Waals surface area contributed by atoms with Gasteiger partial charge in [-0.2, -0.15) is 0 Å². The van der Waals surface area contributed by atoms with Crippen LogP contribution in [0.4, 0.5) is 10.6 Å². The van der Waals surface area contributed by atoms with Crippen LogP contribution >= 0.6 is 0 Å². The number of amides is 1. The minimum atomic E-state index is -0.336. The Morgan fingerprint density at radius 1 is 1.30 bits per heavy atom. The van der Waals surface area contributed by atoms with Crippen molar-refractivity contribution in [1.29, 1.82) is 0 Å². The van der Waals surface area contributed by atoms with E-state index in [1.165, 1.54) is 11.3 Å². The Bertz CT molecular complexity index is 488. The smallest absolute Gasteiger partial charge is 0.415 e. The van der Waals surface area contributed by atoms with Crippen molar-refractivity contribution >= 4 is 11.9 Å². The predicted octanol–water partition coefficient (Wildman–Crippen LogP) is 1.98. The van der Waals surface area contributed by atoms with Gasteiger partial charge in [-0.1, -0.05) is 0 Å². The SMILES string of the molecule is CC(C)N1CCC[C@@H]1c1cnc(N2CCOC2=O)cn1. The molecule has 0 bridgehead atoms. The normalized spacial score (nSPS) is 23.6. The van der Waals surface area contributed by atoms with Crippen LogP contribution < -0.4 is 4.90 Å². The van der Waals surface area contributed by atoms with Gasteiger partial charge in [-0.15, -0.1) is 0 Å². The highest BCUT2D eigenvalue weighted by Crippen LogP contribution is 2.32. The Kier molecular flexibility index (Phi) is 3.56. The highest BCUT2D eigenvalue weighted by atomic mass is 16.6. The molecule has 6 nitrogen and oxygen atoms in total. The molecule has 20 heavy (non-hydrogen) atoms. The first-order chi connectivity index (χ1) is 9.66. The second-order valence-electron chi connectivity index (χ2n) is 5.56. The quantitative estimate of drug-likeness (QED) is 0.845. The van der Waals surface area contributed by atoms with Crippen LogP contribution in [0.25, 0.3) is 0 Å². The zero-order valence-electron chi connectivity index (χ0n) is 12.0. The van der Waals surface area contributed by atoms with Crippen molar-refractivity contribution in [3.05, 3.63) is 18.1 Å². The van der Waals surface area contributed by atoms with Gasteiger partial charge in [-0.05, 0) is 33.2 Å². The summed E-state index contributed by atoms with van der Waals surface area (Å²) in [7, 11) is 0. The molecule has 6 heteroatoms. The van der Waals surface area contributed by atoms with E-state index in [0.29, 0.717) is 31.1 Å². The molecule has 1 aromatic heterocycles. The van der Waals surface area contributed by atoms with E-state index in [9.17, 15) is 4.79 Å². The average molecular weight is 276 g/mol. The van der Waals surface area contributed by atoms with Crippen LogP contribution in [0.3, 0.4) is 0 Å². The minimum Gasteiger partial charge on any atom is -0.447 e. The summed E-state index contributed by atoms with van der Waals surface area (Å²) in [6.45, 7) is 6.51. The predicted molar refractivity (Wildman–Crippen MR) is 74.5 cm³/mol. The summed E-state index contributed by atoms with van der Waals surface area (Å²) in [6, 6.07) is 0.861. The van der Waals surface area contributed by atoms with Crippen molar-refractivity contribution < 1.29 is 9.53 Å². The lowest BCUT2D eigenvalue weighted by Crippen LogP contribution is -2.31. The van der Waals surface area contributed by atoms with Gasteiger partial charge in [-0.3, -0.25) is 14.8 Å². The van der Waals surface area contributed by atoms with Crippen LogP contribution in [-0.2, 0) is 4.74 Å². The van der Waals surface area contributed by atoms with E-state index in [1.807, 2.05) is 0 Å². The summed E-state index contributed by atoms with van der Waals surface area (Å²) in [5.41, 5.74) is 0.993. The largest absolute Gasteiger partial charge is 0.447 e. The number of ether oxygens (including phenoxy) is 1. The first kappa shape index (κ1) is 13.3. The molecule has 2 saturated heterocycles. The molecule has 0 saturated carbocycles. The fourth-order valence-corrected chi connectivity index (χ4v) is 2.97. The van der Waals surface area contributed by atoms with E-state index in [1.54, 1.807) is 12.4 Å². The molecule has 1 atom stereocenters. The number of carbonyl (C=O) groups excluding carboxylic acids is 1. The summed E-state index contributed by atoms with van der Waals surface area (Å²) < 4.78 is 4.91. The first-order valence-electron chi connectivity index (χ1n) is 7.19. The summed E-state index contributed by atoms with van der Waals surface area (Å²) in [6.07, 6.45) is 5.46. The van der Waals surface area contributed by atoms with Gasteiger partial charge in [0.15, 0.2) is 5.82 Å². The molecule has 0 spiro atoms. The van der Waals surface area contributed by atoms with E-state index in [4.69, 9.17) is 4.74 Å². The standard InChI is InChI=1S/C14H20N4O2/c1-10(2)17-5-3-4-12(17)11-8-16-13(9-15-11)18-6-7-20-14(18)19/h8-10,12H,3-7H2,1-2H3/t12-/m1/s1. The highest BCUT2D eigenvalue weighted by Gasteiger charge is 2.30. The number of likely N-dealkylation sites (tertiary alicyclic amines) is 1. The average Bonchev–Trinajstić information content (AvgIpc) is 3.07. The Morgan fingerprint density at radius 3 is 2.75 bits per heavy atom. The van der Waals surface area contributed by atoms with Crippen LogP contribution in [-0.4, -0.2) is 46.7 Å². The van der Waals surface area contributed by atoms with Crippen LogP contribution in [0.15, 0.2) is 12.4 Å². The van der Waals surface area contributed by atoms with E-state index < -0.39 is 0 Å². The van der Waals surface area contributed by atoms with Gasteiger partial charge in [0, 0.05) is 6.04 Å². The van der Waals surface area contributed by atoms with Gasteiger partial charge in [0.25, 0.3) is 0 Å². The van der Waals surface area contributed by atoms with Gasteiger partial charge < -0.3 is 4.74 Å². The maximum absolute atomic E-state index is 11.5. The topological polar surface area (TPSA) is 58.6 Å². The maximum Gasteiger partial charge on any atom is 0.415 e. The fraction of sp³-hybridized carbons (Fsp3) is 0.643. The maximum atomic E-state index is 11.5. The van der Waals surface area contributed by atoms with Crippen molar-refractivity contribution in [3.8, 4) is 0 Å². The zero-order valence-corrected chi connectivity index (χ0v) is 12.0. The second kappa shape index (κ2) is 5.36. The zero-order chi connectivity index (χ0) is 14.1. The number of nitrogens with zero attached hydrogens (tertiary/aromatic N) is 4. The monoisotopic (exact) mass is 276 g/mol. The molecule has 0 radical (unpaired) electrons. The molecule has 0 N–H and O–H groups in total. The number of cyclic esters (lactones) is 1. The first-order valence-corrected chi connectivity index (χ1v) is 7.19. The van der Waals surface area contributed by atoms with E-state index in [-0.39, 0.29) is 6.09 Å². The third-order valence-corrected chi connectivity index (χ3v) is 3.99. The van der Waals surface area contributed by atoms with Crippen molar-refractivity contribution in [1.82, 2.24) is 14.9 Å². The molecule has 0 aliphatic carbocycles. The Balaban J connectivity index is 1.77. The number of hydrogen-bond donors (Lipinski definition) is 0. The van der Waals surface area contributed by atoms with Crippen LogP contribution in [0.5, 0.6) is 0 Å². The number of anilines is 1. The van der Waals surface area contributed by atoms with Gasteiger partial charge in [0.1, 0.15) is 6.61 Å². The fourth-order valence-electron chi connectivity index (χ4n) is 2.97. The third kappa shape index (κ3) is 2.35. The van der Waals surface area contributed by atoms with Crippen LogP contribution in [0.1, 0.15) is 38.4 Å². The Hall–Kier alpha value is -1.69. The molecule has 0 unspecified atom stereocenters. The third-order valence-electron chi connectivity index (χ3n) is 3.99. The lowest BCUT2D eigenvalue weighted by atomic mass is 10.1. The number of carbonyl (C=O) groups is 1. The van der Waals surface area contributed by atoms with Gasteiger partial charge in [0.2, 0.25) is 0 Å². The van der Waals surface area contributed by atoms with Crippen LogP contribution in [0.2, 0.25) is 0 Å². The number of hydrogen-bond acceptors (Lipinski definition) is 5. The highest BCUT2D eigenvalue weighted by molar-refractivity contribution is 5.87. The molecule has 3 heterocycles. The van der Waals surface area contributed by atoms with Crippen LogP contribution in [0, 0.1) is 0 Å². The van der Waals surface area contributed by atoms with E-state index in [2.05, 4.69) is 28.7 Å². The molecule has 2 aliphatic heterocycles. The van der Waals surface area contributed by atoms with E-state index in [0.717, 1.165) is 18.7 Å².